The first kappa shape index (κ1) is 24.1. The number of rotatable bonds is 9. The molecule has 33 heavy (non-hydrogen) atoms. The summed E-state index contributed by atoms with van der Waals surface area (Å²) in [5.74, 6) is 0.328. The molecule has 0 atom stereocenters. The van der Waals surface area contributed by atoms with Gasteiger partial charge in [-0.2, -0.15) is 0 Å². The highest BCUT2D eigenvalue weighted by Gasteiger charge is 2.14. The molecule has 3 aromatic rings. The van der Waals surface area contributed by atoms with Gasteiger partial charge in [0.2, 0.25) is 0 Å². The van der Waals surface area contributed by atoms with Crippen LogP contribution in [0.2, 0.25) is 0 Å². The second-order valence-corrected chi connectivity index (χ2v) is 9.97. The van der Waals surface area contributed by atoms with Gasteiger partial charge in [0.25, 0.3) is 5.91 Å². The molecule has 0 saturated carbocycles. The predicted octanol–water partition coefficient (Wildman–Crippen LogP) is 4.56. The van der Waals surface area contributed by atoms with E-state index in [4.69, 9.17) is 9.47 Å². The molecule has 0 spiro atoms. The number of carbonyl (C=O) groups is 1. The number of anilines is 2. The van der Waals surface area contributed by atoms with Gasteiger partial charge in [0.15, 0.2) is 9.84 Å². The molecule has 8 heteroatoms. The largest absolute Gasteiger partial charge is 0.496 e. The fourth-order valence-corrected chi connectivity index (χ4v) is 3.63. The number of para-hydroxylation sites is 1. The van der Waals surface area contributed by atoms with E-state index in [0.29, 0.717) is 35.0 Å². The Bertz CT molecular complexity index is 1260. The lowest BCUT2D eigenvalue weighted by molar-refractivity contribution is 0.102. The van der Waals surface area contributed by atoms with Crippen LogP contribution >= 0.6 is 0 Å². The second-order valence-electron chi connectivity index (χ2n) is 7.83. The Morgan fingerprint density at radius 2 is 1.73 bits per heavy atom. The Hall–Kier alpha value is -3.52. The van der Waals surface area contributed by atoms with E-state index in [0.717, 1.165) is 22.9 Å². The van der Waals surface area contributed by atoms with Gasteiger partial charge in [0.1, 0.15) is 24.0 Å². The van der Waals surface area contributed by atoms with Crippen LogP contribution in [0.25, 0.3) is 0 Å². The van der Waals surface area contributed by atoms with Crippen LogP contribution in [0, 0.1) is 13.8 Å². The quantitative estimate of drug-likeness (QED) is 0.478. The topological polar surface area (TPSA) is 93.7 Å². The first-order chi connectivity index (χ1) is 15.7. The SMILES string of the molecule is COc1ccccc1C(=O)Nc1ccc(NCS(C)(=O)=O)c(OCc2cc(C)ccc2C)c1. The molecule has 0 fully saturated rings. The zero-order valence-corrected chi connectivity index (χ0v) is 20.0. The summed E-state index contributed by atoms with van der Waals surface area (Å²) in [7, 11) is -1.73. The maximum atomic E-state index is 12.8. The molecular formula is C25H28N2O5S. The number of methoxy groups -OCH3 is 1. The van der Waals surface area contributed by atoms with Gasteiger partial charge in [-0.25, -0.2) is 8.42 Å². The number of sulfone groups is 1. The highest BCUT2D eigenvalue weighted by Crippen LogP contribution is 2.30. The predicted molar refractivity (Wildman–Crippen MR) is 131 cm³/mol. The van der Waals surface area contributed by atoms with Crippen LogP contribution in [-0.4, -0.2) is 33.6 Å². The van der Waals surface area contributed by atoms with Crippen LogP contribution in [-0.2, 0) is 16.4 Å². The van der Waals surface area contributed by atoms with Crippen LogP contribution in [0.1, 0.15) is 27.0 Å². The molecule has 0 bridgehead atoms. The fourth-order valence-electron chi connectivity index (χ4n) is 3.22. The highest BCUT2D eigenvalue weighted by atomic mass is 32.2. The molecule has 0 radical (unpaired) electrons. The molecule has 0 aromatic heterocycles. The Balaban J connectivity index is 1.86. The van der Waals surface area contributed by atoms with E-state index in [-0.39, 0.29) is 11.8 Å². The van der Waals surface area contributed by atoms with Crippen molar-refractivity contribution in [1.29, 1.82) is 0 Å². The number of benzene rings is 3. The molecule has 3 aromatic carbocycles. The lowest BCUT2D eigenvalue weighted by Crippen LogP contribution is -2.15. The van der Waals surface area contributed by atoms with Crippen LogP contribution in [0.5, 0.6) is 11.5 Å². The Morgan fingerprint density at radius 3 is 2.45 bits per heavy atom. The second kappa shape index (κ2) is 10.4. The van der Waals surface area contributed by atoms with E-state index in [1.807, 2.05) is 32.0 Å². The molecule has 7 nitrogen and oxygen atoms in total. The van der Waals surface area contributed by atoms with Crippen LogP contribution < -0.4 is 20.1 Å². The minimum absolute atomic E-state index is 0.236. The minimum atomic E-state index is -3.24. The van der Waals surface area contributed by atoms with Gasteiger partial charge < -0.3 is 20.1 Å². The molecular weight excluding hydrogens is 440 g/mol. The van der Waals surface area contributed by atoms with Gasteiger partial charge >= 0.3 is 0 Å². The normalized spacial score (nSPS) is 11.0. The molecule has 0 aliphatic heterocycles. The average molecular weight is 469 g/mol. The van der Waals surface area contributed by atoms with E-state index in [2.05, 4.69) is 10.6 Å². The van der Waals surface area contributed by atoms with E-state index >= 15 is 0 Å². The number of ether oxygens (including phenoxy) is 2. The van der Waals surface area contributed by atoms with E-state index < -0.39 is 9.84 Å². The van der Waals surface area contributed by atoms with Crippen LogP contribution in [0.4, 0.5) is 11.4 Å². The fraction of sp³-hybridized carbons (Fsp3) is 0.240. The summed E-state index contributed by atoms with van der Waals surface area (Å²) in [6.07, 6.45) is 1.15. The first-order valence-electron chi connectivity index (χ1n) is 10.4. The zero-order chi connectivity index (χ0) is 24.0. The lowest BCUT2D eigenvalue weighted by atomic mass is 10.1. The van der Waals surface area contributed by atoms with Crippen LogP contribution in [0.3, 0.4) is 0 Å². The molecule has 0 saturated heterocycles. The van der Waals surface area contributed by atoms with Crippen molar-refractivity contribution in [2.24, 2.45) is 0 Å². The van der Waals surface area contributed by atoms with Crippen LogP contribution in [0.15, 0.2) is 60.7 Å². The number of hydrogen-bond donors (Lipinski definition) is 2. The number of amides is 1. The van der Waals surface area contributed by atoms with Gasteiger partial charge in [-0.3, -0.25) is 4.79 Å². The smallest absolute Gasteiger partial charge is 0.259 e. The van der Waals surface area contributed by atoms with E-state index in [9.17, 15) is 13.2 Å². The number of nitrogens with one attached hydrogen (secondary N) is 2. The third-order valence-corrected chi connectivity index (χ3v) is 5.67. The zero-order valence-electron chi connectivity index (χ0n) is 19.1. The van der Waals surface area contributed by atoms with Crippen molar-refractivity contribution in [2.45, 2.75) is 20.5 Å². The third-order valence-electron chi connectivity index (χ3n) is 5.00. The number of carbonyl (C=O) groups excluding carboxylic acids is 1. The Labute approximate surface area is 194 Å². The molecule has 3 rings (SSSR count). The van der Waals surface area contributed by atoms with Crippen molar-refractivity contribution in [2.75, 3.05) is 29.9 Å². The van der Waals surface area contributed by atoms with Crippen molar-refractivity contribution in [3.8, 4) is 11.5 Å². The molecule has 174 valence electrons. The van der Waals surface area contributed by atoms with Gasteiger partial charge in [-0.1, -0.05) is 35.9 Å². The summed E-state index contributed by atoms with van der Waals surface area (Å²) in [6, 6.07) is 18.1. The van der Waals surface area contributed by atoms with Crippen molar-refractivity contribution in [3.05, 3.63) is 82.9 Å². The molecule has 1 amide bonds. The summed E-state index contributed by atoms with van der Waals surface area (Å²) in [6.45, 7) is 4.31. The third kappa shape index (κ3) is 6.73. The van der Waals surface area contributed by atoms with Crippen molar-refractivity contribution < 1.29 is 22.7 Å². The van der Waals surface area contributed by atoms with Crippen molar-refractivity contribution >= 4 is 27.1 Å². The molecule has 0 aliphatic rings. The molecule has 0 heterocycles. The monoisotopic (exact) mass is 468 g/mol. The molecule has 0 unspecified atom stereocenters. The summed E-state index contributed by atoms with van der Waals surface area (Å²) >= 11 is 0. The minimum Gasteiger partial charge on any atom is -0.496 e. The Morgan fingerprint density at radius 1 is 0.970 bits per heavy atom. The Kier molecular flexibility index (Phi) is 7.60. The van der Waals surface area contributed by atoms with Crippen molar-refractivity contribution in [1.82, 2.24) is 0 Å². The lowest BCUT2D eigenvalue weighted by Gasteiger charge is -2.16. The van der Waals surface area contributed by atoms with Gasteiger partial charge in [0.05, 0.1) is 18.4 Å². The maximum absolute atomic E-state index is 12.8. The number of aryl methyl sites for hydroxylation is 2. The standard InChI is InChI=1S/C25H28N2O5S/c1-17-9-10-18(2)19(13-17)15-32-24-14-20(11-12-22(24)26-16-33(4,29)30)27-25(28)21-7-5-6-8-23(21)31-3/h5-14,26H,15-16H2,1-4H3,(H,27,28). The molecule has 2 N–H and O–H groups in total. The summed E-state index contributed by atoms with van der Waals surface area (Å²) < 4.78 is 34.6. The summed E-state index contributed by atoms with van der Waals surface area (Å²) in [5.41, 5.74) is 4.65. The van der Waals surface area contributed by atoms with E-state index in [1.54, 1.807) is 42.5 Å². The maximum Gasteiger partial charge on any atom is 0.259 e. The first-order valence-corrected chi connectivity index (χ1v) is 12.4. The highest BCUT2D eigenvalue weighted by molar-refractivity contribution is 7.90. The van der Waals surface area contributed by atoms with Gasteiger partial charge in [-0.05, 0) is 49.2 Å². The van der Waals surface area contributed by atoms with Gasteiger partial charge in [0, 0.05) is 18.0 Å². The summed E-state index contributed by atoms with van der Waals surface area (Å²) in [5, 5.41) is 5.75. The summed E-state index contributed by atoms with van der Waals surface area (Å²) in [4.78, 5) is 12.8. The number of hydrogen-bond acceptors (Lipinski definition) is 6. The average Bonchev–Trinajstić information content (AvgIpc) is 2.78. The molecule has 0 aliphatic carbocycles. The van der Waals surface area contributed by atoms with Gasteiger partial charge in [-0.15, -0.1) is 0 Å². The van der Waals surface area contributed by atoms with E-state index in [1.165, 1.54) is 7.11 Å². The van der Waals surface area contributed by atoms with Crippen molar-refractivity contribution in [3.63, 3.8) is 0 Å².